The van der Waals surface area contributed by atoms with E-state index < -0.39 is 0 Å². The monoisotopic (exact) mass is 191 g/mol. The average Bonchev–Trinajstić information content (AvgIpc) is 1.79. The van der Waals surface area contributed by atoms with Crippen molar-refractivity contribution in [1.29, 1.82) is 0 Å². The van der Waals surface area contributed by atoms with Crippen LogP contribution in [0.5, 0.6) is 0 Å². The van der Waals surface area contributed by atoms with Gasteiger partial charge in [0.05, 0.1) is 0 Å². The van der Waals surface area contributed by atoms with Gasteiger partial charge in [-0.2, -0.15) is 0 Å². The molecule has 0 bridgehead atoms. The van der Waals surface area contributed by atoms with Crippen LogP contribution in [0.25, 0.3) is 0 Å². The van der Waals surface area contributed by atoms with Gasteiger partial charge in [0.2, 0.25) is 0 Å². The second-order valence-electron chi connectivity index (χ2n) is 5.15. The van der Waals surface area contributed by atoms with Gasteiger partial charge in [0.25, 0.3) is 0 Å². The largest absolute Gasteiger partial charge is 0.351 e. The summed E-state index contributed by atoms with van der Waals surface area (Å²) >= 11 is 0. The zero-order valence-corrected chi connectivity index (χ0v) is 10.1. The first-order valence-electron chi connectivity index (χ1n) is 4.87. The van der Waals surface area contributed by atoms with Gasteiger partial charge < -0.3 is 10.6 Å². The Balaban J connectivity index is 0.00000169. The number of carbonyl (C=O) groups excluding carboxylic acids is 1. The van der Waals surface area contributed by atoms with Crippen molar-refractivity contribution < 1.29 is 4.79 Å². The molecule has 4 heteroatoms. The number of primary amides is 1. The van der Waals surface area contributed by atoms with E-state index in [-0.39, 0.29) is 36.0 Å². The maximum Gasteiger partial charge on any atom is 0.315 e. The molecule has 1 radical (unpaired) electrons. The Labute approximate surface area is 98.6 Å². The fraction of sp³-hybridized carbons (Fsp3) is 0.900. The standard InChI is InChI=1S/C10H20N2O.Li/c1-9(2)6-5-7-10(3,4)12(9)8(11)13;/h5-7H2,1-4H3,(H2,11,13);. The summed E-state index contributed by atoms with van der Waals surface area (Å²) in [5.41, 5.74) is 5.23. The summed E-state index contributed by atoms with van der Waals surface area (Å²) < 4.78 is 0. The van der Waals surface area contributed by atoms with Crippen LogP contribution in [0.3, 0.4) is 0 Å². The van der Waals surface area contributed by atoms with Crippen molar-refractivity contribution in [3.05, 3.63) is 0 Å². The molecule has 0 aliphatic carbocycles. The smallest absolute Gasteiger partial charge is 0.315 e. The van der Waals surface area contributed by atoms with Crippen molar-refractivity contribution in [3.63, 3.8) is 0 Å². The third-order valence-corrected chi connectivity index (χ3v) is 3.01. The van der Waals surface area contributed by atoms with Gasteiger partial charge >= 0.3 is 6.03 Å². The fourth-order valence-electron chi connectivity index (χ4n) is 2.59. The topological polar surface area (TPSA) is 46.3 Å². The summed E-state index contributed by atoms with van der Waals surface area (Å²) in [6.45, 7) is 8.33. The SMILES string of the molecule is CC1(C)CCCC(C)(C)N1C(N)=O.[Li]. The number of carbonyl (C=O) groups is 1. The van der Waals surface area contributed by atoms with Crippen LogP contribution in [-0.2, 0) is 0 Å². The number of rotatable bonds is 0. The molecule has 1 aliphatic rings. The summed E-state index contributed by atoms with van der Waals surface area (Å²) in [6, 6.07) is -0.297. The van der Waals surface area contributed by atoms with Crippen LogP contribution in [0.4, 0.5) is 4.79 Å². The van der Waals surface area contributed by atoms with E-state index in [1.54, 1.807) is 0 Å². The molecule has 14 heavy (non-hydrogen) atoms. The molecule has 2 N–H and O–H groups in total. The number of nitrogens with two attached hydrogens (primary N) is 1. The van der Waals surface area contributed by atoms with Crippen molar-refractivity contribution >= 4 is 24.9 Å². The number of hydrogen-bond acceptors (Lipinski definition) is 1. The quantitative estimate of drug-likeness (QED) is 0.582. The third kappa shape index (κ3) is 2.46. The molecule has 1 saturated heterocycles. The molecule has 0 aromatic carbocycles. The van der Waals surface area contributed by atoms with Gasteiger partial charge in [0, 0.05) is 29.9 Å². The van der Waals surface area contributed by atoms with Crippen LogP contribution in [-0.4, -0.2) is 40.9 Å². The molecule has 2 amide bonds. The van der Waals surface area contributed by atoms with Crippen LogP contribution in [0.15, 0.2) is 0 Å². The van der Waals surface area contributed by atoms with Crippen LogP contribution in [0.1, 0.15) is 47.0 Å². The Morgan fingerprint density at radius 2 is 1.50 bits per heavy atom. The van der Waals surface area contributed by atoms with Gasteiger partial charge in [-0.1, -0.05) is 0 Å². The number of amides is 2. The first-order valence-corrected chi connectivity index (χ1v) is 4.87. The van der Waals surface area contributed by atoms with Gasteiger partial charge in [0.15, 0.2) is 0 Å². The van der Waals surface area contributed by atoms with Crippen molar-refractivity contribution in [2.45, 2.75) is 58.0 Å². The van der Waals surface area contributed by atoms with Crippen LogP contribution >= 0.6 is 0 Å². The molecule has 0 aromatic rings. The third-order valence-electron chi connectivity index (χ3n) is 3.01. The van der Waals surface area contributed by atoms with E-state index in [0.717, 1.165) is 12.8 Å². The van der Waals surface area contributed by atoms with Crippen molar-refractivity contribution in [3.8, 4) is 0 Å². The number of likely N-dealkylation sites (tertiary alicyclic amines) is 1. The molecular formula is C10H20LiN2O. The predicted octanol–water partition coefficient (Wildman–Crippen LogP) is 1.73. The Hall–Kier alpha value is -0.133. The van der Waals surface area contributed by atoms with E-state index in [9.17, 15) is 4.79 Å². The summed E-state index contributed by atoms with van der Waals surface area (Å²) in [4.78, 5) is 13.2. The maximum absolute atomic E-state index is 11.3. The molecular weight excluding hydrogens is 171 g/mol. The molecule has 77 valence electrons. The molecule has 0 saturated carbocycles. The van der Waals surface area contributed by atoms with E-state index in [1.165, 1.54) is 6.42 Å². The minimum absolute atomic E-state index is 0. The Kier molecular flexibility index (Phi) is 4.12. The number of piperidine rings is 1. The molecule has 1 aliphatic heterocycles. The Morgan fingerprint density at radius 3 is 1.71 bits per heavy atom. The van der Waals surface area contributed by atoms with Gasteiger partial charge in [0.1, 0.15) is 0 Å². The van der Waals surface area contributed by atoms with Crippen molar-refractivity contribution in [2.75, 3.05) is 0 Å². The van der Waals surface area contributed by atoms with E-state index in [4.69, 9.17) is 5.73 Å². The summed E-state index contributed by atoms with van der Waals surface area (Å²) in [7, 11) is 0. The molecule has 1 rings (SSSR count). The van der Waals surface area contributed by atoms with E-state index in [2.05, 4.69) is 27.7 Å². The zero-order valence-electron chi connectivity index (χ0n) is 10.1. The number of hydrogen-bond donors (Lipinski definition) is 1. The zero-order chi connectivity index (χ0) is 10.3. The maximum atomic E-state index is 11.3. The normalized spacial score (nSPS) is 23.9. The van der Waals surface area contributed by atoms with Gasteiger partial charge in [-0.15, -0.1) is 0 Å². The first kappa shape index (κ1) is 13.9. The van der Waals surface area contributed by atoms with Crippen molar-refractivity contribution in [2.24, 2.45) is 5.73 Å². The van der Waals surface area contributed by atoms with Crippen LogP contribution in [0.2, 0.25) is 0 Å². The molecule has 3 nitrogen and oxygen atoms in total. The Morgan fingerprint density at radius 1 is 1.14 bits per heavy atom. The Bertz CT molecular complexity index is 210. The second-order valence-corrected chi connectivity index (χ2v) is 5.15. The summed E-state index contributed by atoms with van der Waals surface area (Å²) in [5, 5.41) is 0. The van der Waals surface area contributed by atoms with Gasteiger partial charge in [-0.25, -0.2) is 4.79 Å². The molecule has 0 aromatic heterocycles. The number of nitrogens with zero attached hydrogens (tertiary/aromatic N) is 1. The van der Waals surface area contributed by atoms with Crippen LogP contribution < -0.4 is 5.73 Å². The van der Waals surface area contributed by atoms with Gasteiger partial charge in [-0.05, 0) is 47.0 Å². The van der Waals surface area contributed by atoms with Crippen LogP contribution in [0, 0.1) is 0 Å². The second kappa shape index (κ2) is 4.16. The van der Waals surface area contributed by atoms with E-state index in [0.29, 0.717) is 0 Å². The molecule has 1 fully saturated rings. The van der Waals surface area contributed by atoms with Crippen molar-refractivity contribution in [1.82, 2.24) is 4.90 Å². The average molecular weight is 191 g/mol. The molecule has 1 heterocycles. The molecule has 0 spiro atoms. The summed E-state index contributed by atoms with van der Waals surface area (Å²) in [6.07, 6.45) is 3.25. The number of urea groups is 1. The minimum atomic E-state index is -0.297. The van der Waals surface area contributed by atoms with E-state index in [1.807, 2.05) is 4.90 Å². The summed E-state index contributed by atoms with van der Waals surface area (Å²) in [5.74, 6) is 0. The predicted molar refractivity (Wildman–Crippen MR) is 59.2 cm³/mol. The minimum Gasteiger partial charge on any atom is -0.351 e. The van der Waals surface area contributed by atoms with Gasteiger partial charge in [-0.3, -0.25) is 0 Å². The fourth-order valence-corrected chi connectivity index (χ4v) is 2.59. The first-order chi connectivity index (χ1) is 5.77. The molecule has 0 atom stereocenters. The van der Waals surface area contributed by atoms with E-state index >= 15 is 0 Å². The molecule has 0 unspecified atom stereocenters.